The van der Waals surface area contributed by atoms with Crippen molar-refractivity contribution in [2.75, 3.05) is 0 Å². The number of hydrogen-bond acceptors (Lipinski definition) is 1. The highest BCUT2D eigenvalue weighted by molar-refractivity contribution is 5.08. The average molecular weight is 196 g/mol. The molecule has 0 aliphatic rings. The molecule has 0 fully saturated rings. The molecule has 1 unspecified atom stereocenters. The molecule has 1 N–H and O–H groups in total. The molecule has 0 rings (SSSR count). The summed E-state index contributed by atoms with van der Waals surface area (Å²) in [6.45, 7) is 10.1. The molecule has 1 heteroatoms. The maximum Gasteiger partial charge on any atom is 0.0747 e. The van der Waals surface area contributed by atoms with Crippen LogP contribution in [0.2, 0.25) is 0 Å². The van der Waals surface area contributed by atoms with Gasteiger partial charge in [-0.05, 0) is 38.2 Å². The van der Waals surface area contributed by atoms with Crippen LogP contribution < -0.4 is 0 Å². The molecular weight excluding hydrogens is 172 g/mol. The Balaban J connectivity index is 4.10. The van der Waals surface area contributed by atoms with E-state index in [0.717, 1.165) is 32.1 Å². The van der Waals surface area contributed by atoms with Gasteiger partial charge in [-0.1, -0.05) is 31.9 Å². The third-order valence-electron chi connectivity index (χ3n) is 2.33. The lowest BCUT2D eigenvalue weighted by molar-refractivity contribution is 0.201. The molecule has 0 radical (unpaired) electrons. The zero-order valence-electron chi connectivity index (χ0n) is 9.84. The minimum atomic E-state index is -0.236. The van der Waals surface area contributed by atoms with Gasteiger partial charge in [-0.2, -0.15) is 0 Å². The van der Waals surface area contributed by atoms with Crippen molar-refractivity contribution in [3.63, 3.8) is 0 Å². The number of aliphatic hydroxyl groups is 1. The molecule has 0 aliphatic heterocycles. The van der Waals surface area contributed by atoms with Gasteiger partial charge in [0.25, 0.3) is 0 Å². The van der Waals surface area contributed by atoms with Gasteiger partial charge in [0.15, 0.2) is 0 Å². The Morgan fingerprint density at radius 3 is 2.43 bits per heavy atom. The topological polar surface area (TPSA) is 20.2 Å². The largest absolute Gasteiger partial charge is 0.389 e. The van der Waals surface area contributed by atoms with Crippen LogP contribution in [0.4, 0.5) is 0 Å². The first-order valence-electron chi connectivity index (χ1n) is 5.63. The van der Waals surface area contributed by atoms with Crippen LogP contribution >= 0.6 is 0 Å². The van der Waals surface area contributed by atoms with E-state index in [-0.39, 0.29) is 6.10 Å². The van der Waals surface area contributed by atoms with E-state index in [1.54, 1.807) is 0 Å². The fourth-order valence-corrected chi connectivity index (χ4v) is 1.46. The summed E-state index contributed by atoms with van der Waals surface area (Å²) < 4.78 is 0. The second-order valence-corrected chi connectivity index (χ2v) is 3.95. The standard InChI is InChI=1S/C13H24O/c1-5-8-12(13(14)6-2)10-7-9-11(3)4/h10,13-14H,3,5-9H2,1-2,4H3. The highest BCUT2D eigenvalue weighted by Gasteiger charge is 2.06. The van der Waals surface area contributed by atoms with Crippen molar-refractivity contribution >= 4 is 0 Å². The van der Waals surface area contributed by atoms with Crippen LogP contribution in [0.1, 0.15) is 52.9 Å². The smallest absolute Gasteiger partial charge is 0.0747 e. The van der Waals surface area contributed by atoms with Gasteiger partial charge in [-0.25, -0.2) is 0 Å². The first kappa shape index (κ1) is 13.4. The Labute approximate surface area is 88.5 Å². The third kappa shape index (κ3) is 5.98. The van der Waals surface area contributed by atoms with E-state index >= 15 is 0 Å². The molecule has 1 atom stereocenters. The Morgan fingerprint density at radius 2 is 2.00 bits per heavy atom. The van der Waals surface area contributed by atoms with Gasteiger partial charge in [0.2, 0.25) is 0 Å². The van der Waals surface area contributed by atoms with E-state index in [1.807, 2.05) is 13.8 Å². The van der Waals surface area contributed by atoms with Gasteiger partial charge in [0.05, 0.1) is 6.10 Å². The summed E-state index contributed by atoms with van der Waals surface area (Å²) in [6.07, 6.45) is 6.94. The third-order valence-corrected chi connectivity index (χ3v) is 2.33. The first-order chi connectivity index (χ1) is 6.61. The zero-order valence-corrected chi connectivity index (χ0v) is 9.84. The molecule has 0 saturated carbocycles. The highest BCUT2D eigenvalue weighted by atomic mass is 16.3. The molecule has 82 valence electrons. The summed E-state index contributed by atoms with van der Waals surface area (Å²) in [6, 6.07) is 0. The molecule has 0 aromatic rings. The minimum absolute atomic E-state index is 0.236. The van der Waals surface area contributed by atoms with Crippen LogP contribution in [0.25, 0.3) is 0 Å². The van der Waals surface area contributed by atoms with Crippen LogP contribution in [-0.2, 0) is 0 Å². The minimum Gasteiger partial charge on any atom is -0.389 e. The quantitative estimate of drug-likeness (QED) is 0.613. The molecule has 0 aliphatic carbocycles. The molecule has 0 aromatic heterocycles. The lowest BCUT2D eigenvalue weighted by Gasteiger charge is -2.12. The van der Waals surface area contributed by atoms with Crippen molar-refractivity contribution in [3.8, 4) is 0 Å². The van der Waals surface area contributed by atoms with Crippen LogP contribution in [-0.4, -0.2) is 11.2 Å². The van der Waals surface area contributed by atoms with Gasteiger partial charge in [0.1, 0.15) is 0 Å². The van der Waals surface area contributed by atoms with E-state index in [9.17, 15) is 5.11 Å². The van der Waals surface area contributed by atoms with Crippen molar-refractivity contribution in [1.82, 2.24) is 0 Å². The Bertz CT molecular complexity index is 191. The highest BCUT2D eigenvalue weighted by Crippen LogP contribution is 2.15. The van der Waals surface area contributed by atoms with E-state index in [0.29, 0.717) is 0 Å². The van der Waals surface area contributed by atoms with Crippen molar-refractivity contribution in [3.05, 3.63) is 23.8 Å². The first-order valence-corrected chi connectivity index (χ1v) is 5.63. The van der Waals surface area contributed by atoms with Crippen LogP contribution in [0.3, 0.4) is 0 Å². The predicted octanol–water partition coefficient (Wildman–Crippen LogP) is 3.84. The Morgan fingerprint density at radius 1 is 1.36 bits per heavy atom. The zero-order chi connectivity index (χ0) is 11.0. The molecule has 0 heterocycles. The summed E-state index contributed by atoms with van der Waals surface area (Å²) >= 11 is 0. The molecule has 0 spiro atoms. The van der Waals surface area contributed by atoms with Crippen molar-refractivity contribution in [2.24, 2.45) is 0 Å². The van der Waals surface area contributed by atoms with Crippen LogP contribution in [0.15, 0.2) is 23.8 Å². The summed E-state index contributed by atoms with van der Waals surface area (Å²) in [7, 11) is 0. The van der Waals surface area contributed by atoms with E-state index in [1.165, 1.54) is 11.1 Å². The molecule has 0 bridgehead atoms. The summed E-state index contributed by atoms with van der Waals surface area (Å²) in [5, 5.41) is 9.72. The van der Waals surface area contributed by atoms with Crippen molar-refractivity contribution in [1.29, 1.82) is 0 Å². The van der Waals surface area contributed by atoms with Gasteiger partial charge in [-0.3, -0.25) is 0 Å². The summed E-state index contributed by atoms with van der Waals surface area (Å²) in [4.78, 5) is 0. The second-order valence-electron chi connectivity index (χ2n) is 3.95. The maximum absolute atomic E-state index is 9.72. The van der Waals surface area contributed by atoms with Crippen molar-refractivity contribution < 1.29 is 5.11 Å². The molecule has 14 heavy (non-hydrogen) atoms. The van der Waals surface area contributed by atoms with Gasteiger partial charge in [0, 0.05) is 0 Å². The summed E-state index contributed by atoms with van der Waals surface area (Å²) in [5.41, 5.74) is 2.42. The van der Waals surface area contributed by atoms with E-state index in [2.05, 4.69) is 19.6 Å². The molecule has 0 aromatic carbocycles. The number of rotatable bonds is 7. The fraction of sp³-hybridized carbons (Fsp3) is 0.692. The average Bonchev–Trinajstić information content (AvgIpc) is 2.15. The molecular formula is C13H24O. The predicted molar refractivity (Wildman–Crippen MR) is 63.3 cm³/mol. The van der Waals surface area contributed by atoms with Gasteiger partial charge >= 0.3 is 0 Å². The summed E-state index contributed by atoms with van der Waals surface area (Å²) in [5.74, 6) is 0. The Hall–Kier alpha value is -0.560. The van der Waals surface area contributed by atoms with E-state index in [4.69, 9.17) is 0 Å². The maximum atomic E-state index is 9.72. The monoisotopic (exact) mass is 196 g/mol. The van der Waals surface area contributed by atoms with Crippen molar-refractivity contribution in [2.45, 2.75) is 59.0 Å². The normalized spacial score (nSPS) is 14.1. The van der Waals surface area contributed by atoms with Crippen LogP contribution in [0.5, 0.6) is 0 Å². The Kier molecular flexibility index (Phi) is 7.50. The van der Waals surface area contributed by atoms with Gasteiger partial charge < -0.3 is 5.11 Å². The number of allylic oxidation sites excluding steroid dienone is 2. The second kappa shape index (κ2) is 7.81. The number of aliphatic hydroxyl groups excluding tert-OH is 1. The van der Waals surface area contributed by atoms with Gasteiger partial charge in [-0.15, -0.1) is 6.58 Å². The van der Waals surface area contributed by atoms with Crippen LogP contribution in [0, 0.1) is 0 Å². The SMILES string of the molecule is C=C(C)CCC=C(CCC)C(O)CC. The lowest BCUT2D eigenvalue weighted by atomic mass is 10.0. The number of hydrogen-bond donors (Lipinski definition) is 1. The fourth-order valence-electron chi connectivity index (χ4n) is 1.46. The molecule has 0 amide bonds. The molecule has 1 nitrogen and oxygen atoms in total. The lowest BCUT2D eigenvalue weighted by Crippen LogP contribution is -2.08. The van der Waals surface area contributed by atoms with E-state index < -0.39 is 0 Å². The molecule has 0 saturated heterocycles.